The van der Waals surface area contributed by atoms with Crippen LogP contribution >= 0.6 is 0 Å². The number of Topliss-reactive ketones (excluding diaryl/α,β-unsaturated/α-hetero) is 1. The molecule has 0 saturated heterocycles. The molecule has 2 rings (SSSR count). The lowest BCUT2D eigenvalue weighted by Crippen LogP contribution is -2.47. The number of nitrogens with one attached hydrogen (secondary N) is 1. The molecule has 0 radical (unpaired) electrons. The van der Waals surface area contributed by atoms with Gasteiger partial charge in [-0.1, -0.05) is 18.2 Å². The number of H-pyrrole nitrogens is 1. The van der Waals surface area contributed by atoms with Crippen molar-refractivity contribution < 1.29 is 19.5 Å². The Morgan fingerprint density at radius 2 is 1.81 bits per heavy atom. The third-order valence-electron chi connectivity index (χ3n) is 2.85. The van der Waals surface area contributed by atoms with E-state index < -0.39 is 29.6 Å². The summed E-state index contributed by atoms with van der Waals surface area (Å²) in [4.78, 5) is 34.6. The number of fused-ring (bicyclic) bond motifs is 1. The maximum absolute atomic E-state index is 10.7. The van der Waals surface area contributed by atoms with Crippen LogP contribution in [-0.4, -0.2) is 33.8 Å². The minimum absolute atomic E-state index is 0.641. The van der Waals surface area contributed by atoms with Crippen LogP contribution < -0.4 is 11.5 Å². The summed E-state index contributed by atoms with van der Waals surface area (Å²) in [7, 11) is 0. The molecule has 1 aromatic carbocycles. The average Bonchev–Trinajstić information content (AvgIpc) is 2.86. The van der Waals surface area contributed by atoms with E-state index >= 15 is 0 Å². The van der Waals surface area contributed by atoms with Crippen LogP contribution in [-0.2, 0) is 14.4 Å². The highest BCUT2D eigenvalue weighted by Gasteiger charge is 2.32. The Morgan fingerprint density at radius 3 is 2.24 bits per heavy atom. The van der Waals surface area contributed by atoms with Crippen molar-refractivity contribution in [3.05, 3.63) is 36.5 Å². The van der Waals surface area contributed by atoms with Gasteiger partial charge in [-0.15, -0.1) is 0 Å². The van der Waals surface area contributed by atoms with Crippen LogP contribution in [0.3, 0.4) is 0 Å². The van der Waals surface area contributed by atoms with Crippen LogP contribution in [0.1, 0.15) is 6.92 Å². The van der Waals surface area contributed by atoms with Crippen LogP contribution in [0.15, 0.2) is 36.5 Å². The summed E-state index contributed by atoms with van der Waals surface area (Å²) in [6.07, 6.45) is 1.95. The number of hydrogen-bond acceptors (Lipinski definition) is 4. The molecule has 21 heavy (non-hydrogen) atoms. The molecule has 0 aliphatic rings. The van der Waals surface area contributed by atoms with Crippen LogP contribution in [0.25, 0.3) is 10.9 Å². The Bertz CT molecular complexity index is 606. The van der Waals surface area contributed by atoms with E-state index in [1.807, 2.05) is 18.3 Å². The molecule has 1 aromatic heterocycles. The first kappa shape index (κ1) is 16.4. The Kier molecular flexibility index (Phi) is 5.62. The highest BCUT2D eigenvalue weighted by molar-refractivity contribution is 6.03. The first-order valence-electron chi connectivity index (χ1n) is 6.15. The van der Waals surface area contributed by atoms with Gasteiger partial charge in [-0.05, 0) is 24.4 Å². The normalized spacial score (nSPS) is 12.9. The van der Waals surface area contributed by atoms with Crippen molar-refractivity contribution in [2.75, 3.05) is 0 Å². The molecule has 0 aliphatic heterocycles. The number of rotatable bonds is 4. The largest absolute Gasteiger partial charge is 0.480 e. The van der Waals surface area contributed by atoms with Crippen molar-refractivity contribution in [3.63, 3.8) is 0 Å². The Hall–Kier alpha value is -2.67. The van der Waals surface area contributed by atoms with Gasteiger partial charge >= 0.3 is 5.97 Å². The van der Waals surface area contributed by atoms with E-state index in [0.717, 1.165) is 6.92 Å². The fourth-order valence-electron chi connectivity index (χ4n) is 1.77. The monoisotopic (exact) mass is 291 g/mol. The topological polar surface area (TPSA) is 139 Å². The van der Waals surface area contributed by atoms with E-state index in [-0.39, 0.29) is 0 Å². The third-order valence-corrected chi connectivity index (χ3v) is 2.85. The van der Waals surface area contributed by atoms with Gasteiger partial charge in [0.05, 0.1) is 0 Å². The number of amides is 1. The summed E-state index contributed by atoms with van der Waals surface area (Å²) < 4.78 is 0. The fourth-order valence-corrected chi connectivity index (χ4v) is 1.77. The second kappa shape index (κ2) is 7.20. The minimum Gasteiger partial charge on any atom is -0.480 e. The van der Waals surface area contributed by atoms with Gasteiger partial charge in [0.15, 0.2) is 0 Å². The number of aromatic nitrogens is 1. The third kappa shape index (κ3) is 4.43. The number of carboxylic acids is 1. The summed E-state index contributed by atoms with van der Waals surface area (Å²) in [6, 6.07) is 8.73. The van der Waals surface area contributed by atoms with Crippen molar-refractivity contribution in [3.8, 4) is 0 Å². The number of carboxylic acid groups (broad SMARTS) is 1. The van der Waals surface area contributed by atoms with E-state index in [2.05, 4.69) is 23.2 Å². The van der Waals surface area contributed by atoms with Gasteiger partial charge in [0.25, 0.3) is 0 Å². The zero-order valence-corrected chi connectivity index (χ0v) is 11.4. The molecule has 7 heteroatoms. The van der Waals surface area contributed by atoms with Gasteiger partial charge in [0.1, 0.15) is 17.7 Å². The maximum Gasteiger partial charge on any atom is 0.321 e. The lowest BCUT2D eigenvalue weighted by molar-refractivity contribution is -0.145. The molecule has 0 aliphatic carbocycles. The van der Waals surface area contributed by atoms with Gasteiger partial charge < -0.3 is 21.6 Å². The van der Waals surface area contributed by atoms with E-state index in [1.54, 1.807) is 0 Å². The molecule has 0 spiro atoms. The summed E-state index contributed by atoms with van der Waals surface area (Å²) in [5.41, 5.74) is 11.0. The highest BCUT2D eigenvalue weighted by Crippen LogP contribution is 2.09. The molecule has 2 aromatic rings. The predicted molar refractivity (Wildman–Crippen MR) is 77.3 cm³/mol. The van der Waals surface area contributed by atoms with Crippen molar-refractivity contribution in [2.45, 2.75) is 13.0 Å². The van der Waals surface area contributed by atoms with Gasteiger partial charge in [-0.25, -0.2) is 0 Å². The molecule has 6 N–H and O–H groups in total. The quantitative estimate of drug-likeness (QED) is 0.598. The summed E-state index contributed by atoms with van der Waals surface area (Å²) in [5, 5.41) is 9.64. The molecule has 1 amide bonds. The van der Waals surface area contributed by atoms with Gasteiger partial charge in [0, 0.05) is 11.7 Å². The summed E-state index contributed by atoms with van der Waals surface area (Å²) in [5.74, 6) is -4.52. The Labute approximate surface area is 120 Å². The van der Waals surface area contributed by atoms with E-state index in [9.17, 15) is 14.4 Å². The fraction of sp³-hybridized carbons (Fsp3) is 0.214. The molecular weight excluding hydrogens is 274 g/mol. The van der Waals surface area contributed by atoms with Crippen LogP contribution in [0.4, 0.5) is 0 Å². The number of primary amides is 1. The predicted octanol–water partition coefficient (Wildman–Crippen LogP) is 0.257. The summed E-state index contributed by atoms with van der Waals surface area (Å²) in [6.45, 7) is 1.07. The average molecular weight is 291 g/mol. The first-order chi connectivity index (χ1) is 9.84. The molecular formula is C14H17N3O4. The number of benzene rings is 1. The first-order valence-corrected chi connectivity index (χ1v) is 6.15. The molecule has 2 unspecified atom stereocenters. The van der Waals surface area contributed by atoms with Crippen molar-refractivity contribution in [1.82, 2.24) is 4.98 Å². The van der Waals surface area contributed by atoms with Crippen molar-refractivity contribution >= 4 is 28.6 Å². The Morgan fingerprint density at radius 1 is 1.19 bits per heavy atom. The molecule has 0 saturated carbocycles. The van der Waals surface area contributed by atoms with Crippen molar-refractivity contribution in [2.24, 2.45) is 17.4 Å². The Balaban J connectivity index is 0.000000216. The second-order valence-corrected chi connectivity index (χ2v) is 4.42. The SMILES string of the molecule is CC(=O)C(C(N)=O)C(N)C(=O)O.c1ccc2[nH]ccc2c1. The van der Waals surface area contributed by atoms with Gasteiger partial charge in [0.2, 0.25) is 5.91 Å². The van der Waals surface area contributed by atoms with Crippen LogP contribution in [0, 0.1) is 5.92 Å². The smallest absolute Gasteiger partial charge is 0.321 e. The minimum atomic E-state index is -1.56. The zero-order chi connectivity index (χ0) is 16.0. The standard InChI is InChI=1S/C8H7N.C6H10N2O4/c1-2-4-8-7(3-1)5-6-9-8;1-2(9)3(5(8)10)4(7)6(11)12/h1-6,9H;3-4H,7H2,1H3,(H2,8,10)(H,11,12). The molecule has 2 atom stereocenters. The number of aliphatic carboxylic acids is 1. The zero-order valence-electron chi connectivity index (χ0n) is 11.4. The number of para-hydroxylation sites is 1. The van der Waals surface area contributed by atoms with E-state index in [1.165, 1.54) is 10.9 Å². The molecule has 0 bridgehead atoms. The number of nitrogens with two attached hydrogens (primary N) is 2. The molecule has 1 heterocycles. The number of carbonyl (C=O) groups is 3. The summed E-state index contributed by atoms with van der Waals surface area (Å²) >= 11 is 0. The van der Waals surface area contributed by atoms with Crippen molar-refractivity contribution in [1.29, 1.82) is 0 Å². The number of ketones is 1. The van der Waals surface area contributed by atoms with Gasteiger partial charge in [-0.2, -0.15) is 0 Å². The van der Waals surface area contributed by atoms with Gasteiger partial charge in [-0.3, -0.25) is 14.4 Å². The lowest BCUT2D eigenvalue weighted by atomic mass is 9.96. The van der Waals surface area contributed by atoms with E-state index in [0.29, 0.717) is 0 Å². The number of carbonyl (C=O) groups excluding carboxylic acids is 2. The van der Waals surface area contributed by atoms with Crippen LogP contribution in [0.2, 0.25) is 0 Å². The highest BCUT2D eigenvalue weighted by atomic mass is 16.4. The maximum atomic E-state index is 10.7. The second-order valence-electron chi connectivity index (χ2n) is 4.42. The number of aromatic amines is 1. The molecule has 112 valence electrons. The van der Waals surface area contributed by atoms with E-state index in [4.69, 9.17) is 16.6 Å². The molecule has 7 nitrogen and oxygen atoms in total. The van der Waals surface area contributed by atoms with Crippen LogP contribution in [0.5, 0.6) is 0 Å². The lowest BCUT2D eigenvalue weighted by Gasteiger charge is -2.13. The number of hydrogen-bond donors (Lipinski definition) is 4. The molecule has 0 fully saturated rings.